The first-order chi connectivity index (χ1) is 40.6. The van der Waals surface area contributed by atoms with E-state index in [2.05, 4.69) is 93.7 Å². The first kappa shape index (κ1) is 77.2. The van der Waals surface area contributed by atoms with Crippen molar-refractivity contribution in [2.45, 2.75) is 340 Å². The number of aliphatic hydroxyl groups excluding tert-OH is 2. The highest BCUT2D eigenvalue weighted by Gasteiger charge is 2.50. The van der Waals surface area contributed by atoms with Crippen molar-refractivity contribution in [1.29, 1.82) is 0 Å². The molecule has 1 fully saturated rings. The van der Waals surface area contributed by atoms with Gasteiger partial charge in [-0.1, -0.05) is 267 Å². The molecule has 12 nitrogen and oxygen atoms in total. The van der Waals surface area contributed by atoms with Gasteiger partial charge in [0.05, 0.1) is 6.61 Å². The summed E-state index contributed by atoms with van der Waals surface area (Å²) in [7, 11) is 0. The molecule has 1 saturated heterocycles. The zero-order valence-corrected chi connectivity index (χ0v) is 52.9. The Balaban J connectivity index is 2.64. The smallest absolute Gasteiger partial charge is 0.335 e. The second-order valence-electron chi connectivity index (χ2n) is 23.1. The maximum absolute atomic E-state index is 13.2. The van der Waals surface area contributed by atoms with Crippen molar-refractivity contribution in [1.82, 2.24) is 0 Å². The van der Waals surface area contributed by atoms with Crippen molar-refractivity contribution < 1.29 is 58.2 Å². The average molecular weight is 1170 g/mol. The highest BCUT2D eigenvalue weighted by molar-refractivity contribution is 5.74. The number of aliphatic carboxylic acids is 1. The molecular formula is C71H122O12. The van der Waals surface area contributed by atoms with Crippen molar-refractivity contribution >= 4 is 23.9 Å². The van der Waals surface area contributed by atoms with Crippen LogP contribution in [-0.2, 0) is 42.9 Å². The number of esters is 3. The minimum Gasteiger partial charge on any atom is -0.479 e. The lowest BCUT2D eigenvalue weighted by atomic mass is 9.98. The molecule has 0 aromatic heterocycles. The van der Waals surface area contributed by atoms with Crippen LogP contribution in [0.25, 0.3) is 0 Å². The van der Waals surface area contributed by atoms with Crippen LogP contribution in [0.1, 0.15) is 303 Å². The van der Waals surface area contributed by atoms with E-state index in [0.29, 0.717) is 19.3 Å². The molecule has 1 rings (SSSR count). The molecule has 478 valence electrons. The largest absolute Gasteiger partial charge is 0.479 e. The summed E-state index contributed by atoms with van der Waals surface area (Å²) >= 11 is 0. The number of carboxylic acid groups (broad SMARTS) is 1. The van der Waals surface area contributed by atoms with Gasteiger partial charge in [-0.2, -0.15) is 0 Å². The molecule has 0 bridgehead atoms. The molecule has 0 aliphatic carbocycles. The fourth-order valence-corrected chi connectivity index (χ4v) is 10.1. The van der Waals surface area contributed by atoms with Crippen LogP contribution in [0.15, 0.2) is 72.9 Å². The molecule has 12 heteroatoms. The fourth-order valence-electron chi connectivity index (χ4n) is 10.1. The van der Waals surface area contributed by atoms with Crippen molar-refractivity contribution in [3.63, 3.8) is 0 Å². The first-order valence-corrected chi connectivity index (χ1v) is 33.9. The van der Waals surface area contributed by atoms with Gasteiger partial charge < -0.3 is 39.0 Å². The summed E-state index contributed by atoms with van der Waals surface area (Å²) in [5.74, 6) is -3.16. The molecule has 0 radical (unpaired) electrons. The highest BCUT2D eigenvalue weighted by Crippen LogP contribution is 2.27. The molecule has 6 unspecified atom stereocenters. The Morgan fingerprint density at radius 2 is 0.759 bits per heavy atom. The number of carbonyl (C=O) groups is 4. The van der Waals surface area contributed by atoms with Crippen LogP contribution in [0.4, 0.5) is 0 Å². The van der Waals surface area contributed by atoms with E-state index >= 15 is 0 Å². The second-order valence-corrected chi connectivity index (χ2v) is 23.1. The van der Waals surface area contributed by atoms with Gasteiger partial charge in [-0.25, -0.2) is 4.79 Å². The van der Waals surface area contributed by atoms with E-state index in [1.165, 1.54) is 148 Å². The van der Waals surface area contributed by atoms with E-state index in [4.69, 9.17) is 23.7 Å². The average Bonchev–Trinajstić information content (AvgIpc) is 3.60. The van der Waals surface area contributed by atoms with E-state index in [1.54, 1.807) is 0 Å². The van der Waals surface area contributed by atoms with Crippen molar-refractivity contribution in [2.75, 3.05) is 13.2 Å². The van der Waals surface area contributed by atoms with Crippen molar-refractivity contribution in [2.24, 2.45) is 0 Å². The summed E-state index contributed by atoms with van der Waals surface area (Å²) in [6.45, 7) is 5.86. The number of hydrogen-bond donors (Lipinski definition) is 3. The van der Waals surface area contributed by atoms with Gasteiger partial charge in [0.25, 0.3) is 0 Å². The summed E-state index contributed by atoms with van der Waals surface area (Å²) in [5, 5.41) is 31.6. The maximum Gasteiger partial charge on any atom is 0.335 e. The predicted molar refractivity (Wildman–Crippen MR) is 340 cm³/mol. The Hall–Kier alpha value is -3.84. The quantitative estimate of drug-likeness (QED) is 0.0228. The molecule has 0 saturated carbocycles. The fraction of sp³-hybridized carbons (Fsp3) is 0.775. The molecule has 1 aliphatic heterocycles. The Bertz CT molecular complexity index is 1720. The molecule has 0 spiro atoms. The van der Waals surface area contributed by atoms with E-state index in [1.807, 2.05) is 0 Å². The highest BCUT2D eigenvalue weighted by atomic mass is 16.7. The third-order valence-corrected chi connectivity index (χ3v) is 15.3. The van der Waals surface area contributed by atoms with Crippen LogP contribution in [0, 0.1) is 0 Å². The number of carbonyl (C=O) groups excluding carboxylic acids is 3. The maximum atomic E-state index is 13.2. The minimum atomic E-state index is -1.91. The molecule has 0 aromatic rings. The lowest BCUT2D eigenvalue weighted by Gasteiger charge is -2.40. The summed E-state index contributed by atoms with van der Waals surface area (Å²) in [5.41, 5.74) is 0. The van der Waals surface area contributed by atoms with Gasteiger partial charge >= 0.3 is 23.9 Å². The van der Waals surface area contributed by atoms with Crippen LogP contribution in [0.5, 0.6) is 0 Å². The third kappa shape index (κ3) is 48.0. The number of aliphatic hydroxyl groups is 2. The Labute approximate surface area is 506 Å². The number of allylic oxidation sites excluding steroid dienone is 12. The number of unbranched alkanes of at least 4 members (excludes halogenated alkanes) is 32. The molecular weight excluding hydrogens is 1040 g/mol. The van der Waals surface area contributed by atoms with Crippen LogP contribution < -0.4 is 0 Å². The van der Waals surface area contributed by atoms with Gasteiger partial charge in [0.2, 0.25) is 0 Å². The predicted octanol–water partition coefficient (Wildman–Crippen LogP) is 18.5. The second kappa shape index (κ2) is 58.5. The summed E-state index contributed by atoms with van der Waals surface area (Å²) in [4.78, 5) is 51.4. The monoisotopic (exact) mass is 1170 g/mol. The Kier molecular flexibility index (Phi) is 54.4. The topological polar surface area (TPSA) is 175 Å². The van der Waals surface area contributed by atoms with E-state index in [-0.39, 0.29) is 25.9 Å². The lowest BCUT2D eigenvalue weighted by Crippen LogP contribution is -2.61. The van der Waals surface area contributed by atoms with E-state index in [0.717, 1.165) is 96.3 Å². The summed E-state index contributed by atoms with van der Waals surface area (Å²) in [6, 6.07) is 0. The van der Waals surface area contributed by atoms with Crippen molar-refractivity contribution in [3.8, 4) is 0 Å². The van der Waals surface area contributed by atoms with Crippen LogP contribution in [-0.4, -0.2) is 89.2 Å². The normalized spacial score (nSPS) is 18.0. The minimum absolute atomic E-state index is 0.0575. The third-order valence-electron chi connectivity index (χ3n) is 15.3. The molecule has 83 heavy (non-hydrogen) atoms. The van der Waals surface area contributed by atoms with Gasteiger partial charge in [-0.15, -0.1) is 0 Å². The van der Waals surface area contributed by atoms with Gasteiger partial charge in [0.1, 0.15) is 18.8 Å². The zero-order chi connectivity index (χ0) is 60.3. The molecule has 1 aliphatic rings. The van der Waals surface area contributed by atoms with Gasteiger partial charge in [-0.05, 0) is 89.9 Å². The Morgan fingerprint density at radius 3 is 1.20 bits per heavy atom. The summed E-state index contributed by atoms with van der Waals surface area (Å²) in [6.07, 6.45) is 62.9. The molecule has 0 amide bonds. The van der Waals surface area contributed by atoms with Crippen LogP contribution in [0.3, 0.4) is 0 Å². The standard InChI is InChI=1S/C71H122O12/c1-4-7-10-13-16-19-22-25-28-30-32-34-37-39-42-45-48-51-54-57-63(72)79-60-62(81-64(73)58-55-52-49-46-43-40-36-27-24-21-18-15-12-9-6-3)61-80-71-69(67(76)66(75)68(83-71)70(77)78)82-65(74)59-56-53-50-47-44-41-38-35-33-31-29-26-23-20-17-14-11-8-5-2/h9,12,16,18-19,21,25,27-28,36,43,46,62,66-69,71,75-76H,4-8,10-11,13-15,17,20,22-24,26,29-35,37-42,44-45,47-61H2,1-3H3,(H,77,78)/b12-9-,19-16-,21-18-,28-25-,36-27-,46-43-. The molecule has 6 atom stereocenters. The van der Waals surface area contributed by atoms with Crippen molar-refractivity contribution in [3.05, 3.63) is 72.9 Å². The first-order valence-electron chi connectivity index (χ1n) is 33.9. The number of hydrogen-bond acceptors (Lipinski definition) is 11. The van der Waals surface area contributed by atoms with Crippen LogP contribution in [0.2, 0.25) is 0 Å². The number of ether oxygens (including phenoxy) is 5. The SMILES string of the molecule is CC/C=C\C/C=C\C/C=C\C/C=C\CCCCC(=O)OC(COC(=O)CCCCCCCCCCC/C=C\C/C=C\CCCCC)COC1OC(C(=O)O)C(O)C(O)C1OC(=O)CCCCCCCCCCCCCCCCCCCCC. The van der Waals surface area contributed by atoms with Gasteiger partial charge in [-0.3, -0.25) is 14.4 Å². The van der Waals surface area contributed by atoms with E-state index in [9.17, 15) is 34.5 Å². The van der Waals surface area contributed by atoms with E-state index < -0.39 is 67.3 Å². The molecule has 0 aromatic carbocycles. The van der Waals surface area contributed by atoms with Crippen LogP contribution >= 0.6 is 0 Å². The Morgan fingerprint density at radius 1 is 0.410 bits per heavy atom. The summed E-state index contributed by atoms with van der Waals surface area (Å²) < 4.78 is 28.5. The molecule has 3 N–H and O–H groups in total. The lowest BCUT2D eigenvalue weighted by molar-refractivity contribution is -0.301. The molecule has 1 heterocycles. The zero-order valence-electron chi connectivity index (χ0n) is 52.9. The number of rotatable bonds is 58. The van der Waals surface area contributed by atoms with Gasteiger partial charge in [0, 0.05) is 19.3 Å². The van der Waals surface area contributed by atoms with Gasteiger partial charge in [0.15, 0.2) is 24.6 Å². The number of carboxylic acids is 1.